The summed E-state index contributed by atoms with van der Waals surface area (Å²) < 4.78 is 11.2. The number of nitrogens with one attached hydrogen (secondary N) is 1. The number of nitrogens with zero attached hydrogens (tertiary/aromatic N) is 1. The highest BCUT2D eigenvalue weighted by Gasteiger charge is 2.08. The van der Waals surface area contributed by atoms with Gasteiger partial charge in [0.15, 0.2) is 0 Å². The van der Waals surface area contributed by atoms with E-state index in [1.54, 1.807) is 25.6 Å². The van der Waals surface area contributed by atoms with Gasteiger partial charge in [0.2, 0.25) is 5.91 Å². The van der Waals surface area contributed by atoms with E-state index in [-0.39, 0.29) is 5.91 Å². The van der Waals surface area contributed by atoms with Crippen molar-refractivity contribution in [1.29, 1.82) is 0 Å². The lowest BCUT2D eigenvalue weighted by Gasteiger charge is -2.13. The van der Waals surface area contributed by atoms with E-state index in [1.807, 2.05) is 61.5 Å². The molecule has 0 saturated carbocycles. The van der Waals surface area contributed by atoms with Crippen molar-refractivity contribution in [3.05, 3.63) is 89.8 Å². The number of carbonyl (C=O) groups is 1. The van der Waals surface area contributed by atoms with E-state index in [2.05, 4.69) is 10.3 Å². The number of aromatic nitrogens is 1. The molecule has 3 rings (SSSR count). The molecule has 0 aliphatic carbocycles. The van der Waals surface area contributed by atoms with E-state index in [0.29, 0.717) is 12.3 Å². The third-order valence-corrected chi connectivity index (χ3v) is 4.20. The Hall–Kier alpha value is -3.60. The Bertz CT molecular complexity index is 969. The molecule has 5 nitrogen and oxygen atoms in total. The molecule has 0 unspecified atom stereocenters. The molecule has 1 N–H and O–H groups in total. The van der Waals surface area contributed by atoms with Gasteiger partial charge >= 0.3 is 0 Å². The zero-order valence-electron chi connectivity index (χ0n) is 15.9. The average Bonchev–Trinajstić information content (AvgIpc) is 2.74. The van der Waals surface area contributed by atoms with Crippen molar-refractivity contribution in [1.82, 2.24) is 4.98 Å². The summed E-state index contributed by atoms with van der Waals surface area (Å²) in [7, 11) is 1.64. The zero-order valence-corrected chi connectivity index (χ0v) is 15.9. The highest BCUT2D eigenvalue weighted by Crippen LogP contribution is 2.26. The molecular formula is C23H22N2O3. The molecule has 142 valence electrons. The van der Waals surface area contributed by atoms with Gasteiger partial charge in [0, 0.05) is 29.7 Å². The first kappa shape index (κ1) is 19.2. The first-order valence-electron chi connectivity index (χ1n) is 8.90. The SMILES string of the molecule is COc1cccc(COc2cccc(NC(=O)/C=C/c3ccncc3)c2C)c1. The largest absolute Gasteiger partial charge is 0.497 e. The Kier molecular flexibility index (Phi) is 6.41. The van der Waals surface area contributed by atoms with Crippen LogP contribution >= 0.6 is 0 Å². The van der Waals surface area contributed by atoms with Gasteiger partial charge in [0.1, 0.15) is 18.1 Å². The molecular weight excluding hydrogens is 352 g/mol. The maximum Gasteiger partial charge on any atom is 0.248 e. The Morgan fingerprint density at radius 2 is 1.89 bits per heavy atom. The summed E-state index contributed by atoms with van der Waals surface area (Å²) in [5.41, 5.74) is 3.51. The number of hydrogen-bond acceptors (Lipinski definition) is 4. The monoisotopic (exact) mass is 374 g/mol. The van der Waals surface area contributed by atoms with Crippen LogP contribution in [0.3, 0.4) is 0 Å². The number of pyridine rings is 1. The van der Waals surface area contributed by atoms with Crippen LogP contribution in [-0.2, 0) is 11.4 Å². The van der Waals surface area contributed by atoms with E-state index < -0.39 is 0 Å². The molecule has 0 atom stereocenters. The average molecular weight is 374 g/mol. The fourth-order valence-electron chi connectivity index (χ4n) is 2.65. The van der Waals surface area contributed by atoms with Gasteiger partial charge in [-0.3, -0.25) is 9.78 Å². The van der Waals surface area contributed by atoms with Crippen LogP contribution in [0.2, 0.25) is 0 Å². The topological polar surface area (TPSA) is 60.5 Å². The number of rotatable bonds is 7. The smallest absolute Gasteiger partial charge is 0.248 e. The van der Waals surface area contributed by atoms with E-state index >= 15 is 0 Å². The van der Waals surface area contributed by atoms with Gasteiger partial charge < -0.3 is 14.8 Å². The third kappa shape index (κ3) is 5.20. The van der Waals surface area contributed by atoms with Crippen LogP contribution in [0.25, 0.3) is 6.08 Å². The second-order valence-electron chi connectivity index (χ2n) is 6.17. The number of methoxy groups -OCH3 is 1. The molecule has 0 radical (unpaired) electrons. The molecule has 2 aromatic carbocycles. The Labute approximate surface area is 164 Å². The number of amides is 1. The van der Waals surface area contributed by atoms with Crippen LogP contribution < -0.4 is 14.8 Å². The summed E-state index contributed by atoms with van der Waals surface area (Å²) in [5.74, 6) is 1.31. The quantitative estimate of drug-likeness (QED) is 0.613. The predicted molar refractivity (Wildman–Crippen MR) is 110 cm³/mol. The van der Waals surface area contributed by atoms with Crippen molar-refractivity contribution < 1.29 is 14.3 Å². The maximum atomic E-state index is 12.2. The van der Waals surface area contributed by atoms with Gasteiger partial charge in [0.25, 0.3) is 0 Å². The minimum atomic E-state index is -0.204. The molecule has 1 heterocycles. The van der Waals surface area contributed by atoms with Crippen LogP contribution in [-0.4, -0.2) is 18.0 Å². The van der Waals surface area contributed by atoms with Gasteiger partial charge in [-0.1, -0.05) is 18.2 Å². The molecule has 0 aliphatic rings. The molecule has 0 spiro atoms. The van der Waals surface area contributed by atoms with Gasteiger partial charge in [-0.15, -0.1) is 0 Å². The summed E-state index contributed by atoms with van der Waals surface area (Å²) in [5, 5.41) is 2.90. The molecule has 0 saturated heterocycles. The van der Waals surface area contributed by atoms with Crippen LogP contribution in [0.5, 0.6) is 11.5 Å². The first-order chi connectivity index (χ1) is 13.7. The minimum absolute atomic E-state index is 0.204. The second-order valence-corrected chi connectivity index (χ2v) is 6.17. The highest BCUT2D eigenvalue weighted by molar-refractivity contribution is 6.02. The van der Waals surface area contributed by atoms with Crippen molar-refractivity contribution >= 4 is 17.7 Å². The van der Waals surface area contributed by atoms with Crippen LogP contribution in [0.15, 0.2) is 73.1 Å². The summed E-state index contributed by atoms with van der Waals surface area (Å²) in [4.78, 5) is 16.2. The molecule has 0 fully saturated rings. The molecule has 3 aromatic rings. The van der Waals surface area contributed by atoms with E-state index in [0.717, 1.165) is 28.2 Å². The third-order valence-electron chi connectivity index (χ3n) is 4.20. The summed E-state index contributed by atoms with van der Waals surface area (Å²) in [6.07, 6.45) is 6.61. The lowest BCUT2D eigenvalue weighted by molar-refractivity contribution is -0.111. The zero-order chi connectivity index (χ0) is 19.8. The fourth-order valence-corrected chi connectivity index (χ4v) is 2.65. The number of ether oxygens (including phenoxy) is 2. The Morgan fingerprint density at radius 3 is 2.68 bits per heavy atom. The molecule has 1 amide bonds. The lowest BCUT2D eigenvalue weighted by Crippen LogP contribution is -2.09. The molecule has 0 bridgehead atoms. The van der Waals surface area contributed by atoms with Crippen molar-refractivity contribution in [3.63, 3.8) is 0 Å². The summed E-state index contributed by atoms with van der Waals surface area (Å²) in [6, 6.07) is 17.0. The molecule has 5 heteroatoms. The predicted octanol–water partition coefficient (Wildman–Crippen LogP) is 4.63. The molecule has 0 aliphatic heterocycles. The molecule has 1 aromatic heterocycles. The number of hydrogen-bond donors (Lipinski definition) is 1. The Morgan fingerprint density at radius 1 is 1.11 bits per heavy atom. The Balaban J connectivity index is 1.65. The first-order valence-corrected chi connectivity index (χ1v) is 8.90. The van der Waals surface area contributed by atoms with Crippen LogP contribution in [0.1, 0.15) is 16.7 Å². The molecule has 28 heavy (non-hydrogen) atoms. The van der Waals surface area contributed by atoms with E-state index in [9.17, 15) is 4.79 Å². The van der Waals surface area contributed by atoms with Gasteiger partial charge in [-0.05, 0) is 60.5 Å². The van der Waals surface area contributed by atoms with Crippen LogP contribution in [0.4, 0.5) is 5.69 Å². The standard InChI is InChI=1S/C23H22N2O3/c1-17-21(25-23(26)10-9-18-11-13-24-14-12-18)7-4-8-22(17)28-16-19-5-3-6-20(15-19)27-2/h3-15H,16H2,1-2H3,(H,25,26)/b10-9+. The summed E-state index contributed by atoms with van der Waals surface area (Å²) in [6.45, 7) is 2.33. The van der Waals surface area contributed by atoms with Crippen molar-refractivity contribution in [3.8, 4) is 11.5 Å². The normalized spacial score (nSPS) is 10.6. The van der Waals surface area contributed by atoms with E-state index in [4.69, 9.17) is 9.47 Å². The number of carbonyl (C=O) groups excluding carboxylic acids is 1. The van der Waals surface area contributed by atoms with Crippen molar-refractivity contribution in [2.75, 3.05) is 12.4 Å². The second kappa shape index (κ2) is 9.37. The minimum Gasteiger partial charge on any atom is -0.497 e. The van der Waals surface area contributed by atoms with Crippen LogP contribution in [0, 0.1) is 6.92 Å². The summed E-state index contributed by atoms with van der Waals surface area (Å²) >= 11 is 0. The van der Waals surface area contributed by atoms with Gasteiger partial charge in [0.05, 0.1) is 7.11 Å². The van der Waals surface area contributed by atoms with E-state index in [1.165, 1.54) is 6.08 Å². The fraction of sp³-hybridized carbons (Fsp3) is 0.130. The number of benzene rings is 2. The van der Waals surface area contributed by atoms with Gasteiger partial charge in [-0.25, -0.2) is 0 Å². The maximum absolute atomic E-state index is 12.2. The van der Waals surface area contributed by atoms with Crippen molar-refractivity contribution in [2.45, 2.75) is 13.5 Å². The lowest BCUT2D eigenvalue weighted by atomic mass is 10.1. The van der Waals surface area contributed by atoms with Gasteiger partial charge in [-0.2, -0.15) is 0 Å². The number of anilines is 1. The van der Waals surface area contributed by atoms with Crippen molar-refractivity contribution in [2.24, 2.45) is 0 Å². The highest BCUT2D eigenvalue weighted by atomic mass is 16.5.